The van der Waals surface area contributed by atoms with E-state index >= 15 is 0 Å². The Kier molecular flexibility index (Phi) is 7.31. The number of hydrogen-bond acceptors (Lipinski definition) is 4. The van der Waals surface area contributed by atoms with E-state index in [1.807, 2.05) is 36.4 Å². The van der Waals surface area contributed by atoms with Gasteiger partial charge in [-0.25, -0.2) is 0 Å². The molecule has 1 saturated heterocycles. The summed E-state index contributed by atoms with van der Waals surface area (Å²) in [6.07, 6.45) is 2.16. The van der Waals surface area contributed by atoms with Gasteiger partial charge in [-0.1, -0.05) is 19.9 Å². The molecule has 1 fully saturated rings. The van der Waals surface area contributed by atoms with Gasteiger partial charge in [0, 0.05) is 30.0 Å². The molecule has 0 unspecified atom stereocenters. The Balaban J connectivity index is 1.54. The van der Waals surface area contributed by atoms with E-state index in [2.05, 4.69) is 24.1 Å². The van der Waals surface area contributed by atoms with Gasteiger partial charge in [-0.2, -0.15) is 0 Å². The van der Waals surface area contributed by atoms with Crippen molar-refractivity contribution in [2.75, 3.05) is 43.1 Å². The average Bonchev–Trinajstić information content (AvgIpc) is 2.72. The quantitative estimate of drug-likeness (QED) is 0.679. The van der Waals surface area contributed by atoms with Crippen LogP contribution in [0.5, 0.6) is 5.75 Å². The van der Waals surface area contributed by atoms with Gasteiger partial charge < -0.3 is 19.7 Å². The SMILES string of the molecule is CC(C)CCCOc1cccc(C(=O)Nc2ccc(N3CCOCC3)cc2)c1. The van der Waals surface area contributed by atoms with Crippen LogP contribution in [0.3, 0.4) is 0 Å². The number of ether oxygens (including phenoxy) is 2. The highest BCUT2D eigenvalue weighted by Crippen LogP contribution is 2.20. The van der Waals surface area contributed by atoms with E-state index < -0.39 is 0 Å². The predicted molar refractivity (Wildman–Crippen MR) is 113 cm³/mol. The monoisotopic (exact) mass is 382 g/mol. The van der Waals surface area contributed by atoms with Crippen LogP contribution in [0.4, 0.5) is 11.4 Å². The van der Waals surface area contributed by atoms with Crippen LogP contribution in [0.25, 0.3) is 0 Å². The minimum atomic E-state index is -0.133. The van der Waals surface area contributed by atoms with Crippen molar-refractivity contribution >= 4 is 17.3 Å². The molecule has 0 spiro atoms. The highest BCUT2D eigenvalue weighted by molar-refractivity contribution is 6.04. The molecule has 1 aliphatic rings. The molecule has 0 atom stereocenters. The summed E-state index contributed by atoms with van der Waals surface area (Å²) < 4.78 is 11.2. The van der Waals surface area contributed by atoms with Crippen molar-refractivity contribution in [2.45, 2.75) is 26.7 Å². The molecule has 5 heteroatoms. The largest absolute Gasteiger partial charge is 0.494 e. The normalized spacial score (nSPS) is 14.2. The van der Waals surface area contributed by atoms with E-state index in [1.54, 1.807) is 12.1 Å². The summed E-state index contributed by atoms with van der Waals surface area (Å²) in [5, 5.41) is 2.96. The van der Waals surface area contributed by atoms with Gasteiger partial charge in [0.25, 0.3) is 5.91 Å². The number of amides is 1. The second kappa shape index (κ2) is 10.1. The summed E-state index contributed by atoms with van der Waals surface area (Å²) in [6.45, 7) is 8.40. The molecule has 1 amide bonds. The maximum absolute atomic E-state index is 12.6. The van der Waals surface area contributed by atoms with Crippen LogP contribution in [0.1, 0.15) is 37.0 Å². The number of nitrogens with zero attached hydrogens (tertiary/aromatic N) is 1. The molecule has 5 nitrogen and oxygen atoms in total. The number of hydrogen-bond donors (Lipinski definition) is 1. The lowest BCUT2D eigenvalue weighted by Crippen LogP contribution is -2.36. The molecule has 1 heterocycles. The van der Waals surface area contributed by atoms with E-state index in [1.165, 1.54) is 0 Å². The van der Waals surface area contributed by atoms with Crippen molar-refractivity contribution in [1.82, 2.24) is 0 Å². The van der Waals surface area contributed by atoms with Crippen LogP contribution in [0.2, 0.25) is 0 Å². The molecular weight excluding hydrogens is 352 g/mol. The van der Waals surface area contributed by atoms with E-state index in [9.17, 15) is 4.79 Å². The number of nitrogens with one attached hydrogen (secondary N) is 1. The van der Waals surface area contributed by atoms with Crippen LogP contribution in [-0.4, -0.2) is 38.8 Å². The average molecular weight is 383 g/mol. The Bertz CT molecular complexity index is 753. The van der Waals surface area contributed by atoms with Crippen LogP contribution in [0.15, 0.2) is 48.5 Å². The molecule has 0 saturated carbocycles. The van der Waals surface area contributed by atoms with Crippen LogP contribution in [0, 0.1) is 5.92 Å². The Morgan fingerprint density at radius 2 is 1.89 bits per heavy atom. The molecule has 3 rings (SSSR count). The van der Waals surface area contributed by atoms with Crippen molar-refractivity contribution in [3.8, 4) is 5.75 Å². The van der Waals surface area contributed by atoms with Crippen LogP contribution in [-0.2, 0) is 4.74 Å². The van der Waals surface area contributed by atoms with Gasteiger partial charge in [0.15, 0.2) is 0 Å². The Hall–Kier alpha value is -2.53. The summed E-state index contributed by atoms with van der Waals surface area (Å²) in [7, 11) is 0. The topological polar surface area (TPSA) is 50.8 Å². The molecule has 2 aromatic rings. The molecule has 150 valence electrons. The minimum Gasteiger partial charge on any atom is -0.494 e. The Morgan fingerprint density at radius 3 is 2.61 bits per heavy atom. The van der Waals surface area contributed by atoms with Crippen molar-refractivity contribution in [1.29, 1.82) is 0 Å². The summed E-state index contributed by atoms with van der Waals surface area (Å²) in [4.78, 5) is 14.9. The fraction of sp³-hybridized carbons (Fsp3) is 0.435. The van der Waals surface area contributed by atoms with E-state index in [4.69, 9.17) is 9.47 Å². The predicted octanol–water partition coefficient (Wildman–Crippen LogP) is 4.59. The second-order valence-electron chi connectivity index (χ2n) is 7.51. The van der Waals surface area contributed by atoms with Crippen molar-refractivity contribution < 1.29 is 14.3 Å². The number of anilines is 2. The van der Waals surface area contributed by atoms with Gasteiger partial charge in [0.1, 0.15) is 5.75 Å². The third kappa shape index (κ3) is 5.99. The number of morpholine rings is 1. The maximum Gasteiger partial charge on any atom is 0.255 e. The lowest BCUT2D eigenvalue weighted by Gasteiger charge is -2.28. The van der Waals surface area contributed by atoms with Gasteiger partial charge in [-0.3, -0.25) is 4.79 Å². The van der Waals surface area contributed by atoms with Gasteiger partial charge in [0.2, 0.25) is 0 Å². The maximum atomic E-state index is 12.6. The first kappa shape index (κ1) is 20.2. The first-order valence-electron chi connectivity index (χ1n) is 10.1. The standard InChI is InChI=1S/C23H30N2O3/c1-18(2)5-4-14-28-22-7-3-6-19(17-22)23(26)24-20-8-10-21(11-9-20)25-12-15-27-16-13-25/h3,6-11,17-18H,4-5,12-16H2,1-2H3,(H,24,26). The second-order valence-corrected chi connectivity index (χ2v) is 7.51. The third-order valence-corrected chi connectivity index (χ3v) is 4.79. The number of rotatable bonds is 8. The van der Waals surface area contributed by atoms with Gasteiger partial charge in [0.05, 0.1) is 19.8 Å². The summed E-state index contributed by atoms with van der Waals surface area (Å²) in [5.41, 5.74) is 2.53. The first-order valence-corrected chi connectivity index (χ1v) is 10.1. The van der Waals surface area contributed by atoms with E-state index in [0.29, 0.717) is 18.1 Å². The lowest BCUT2D eigenvalue weighted by atomic mass is 10.1. The number of carbonyl (C=O) groups is 1. The van der Waals surface area contributed by atoms with Crippen LogP contribution < -0.4 is 15.0 Å². The molecule has 0 aliphatic carbocycles. The zero-order chi connectivity index (χ0) is 19.8. The molecule has 1 aliphatic heterocycles. The molecule has 28 heavy (non-hydrogen) atoms. The zero-order valence-corrected chi connectivity index (χ0v) is 16.8. The summed E-state index contributed by atoms with van der Waals surface area (Å²) in [6, 6.07) is 15.3. The number of carbonyl (C=O) groups excluding carboxylic acids is 1. The van der Waals surface area contributed by atoms with Gasteiger partial charge in [-0.05, 0) is 61.2 Å². The fourth-order valence-corrected chi connectivity index (χ4v) is 3.19. The minimum absolute atomic E-state index is 0.133. The van der Waals surface area contributed by atoms with Crippen molar-refractivity contribution in [2.24, 2.45) is 5.92 Å². The Morgan fingerprint density at radius 1 is 1.14 bits per heavy atom. The van der Waals surface area contributed by atoms with E-state index in [-0.39, 0.29) is 5.91 Å². The van der Waals surface area contributed by atoms with Gasteiger partial charge >= 0.3 is 0 Å². The van der Waals surface area contributed by atoms with Crippen molar-refractivity contribution in [3.05, 3.63) is 54.1 Å². The molecule has 0 radical (unpaired) electrons. The molecular formula is C23H30N2O3. The fourth-order valence-electron chi connectivity index (χ4n) is 3.19. The summed E-state index contributed by atoms with van der Waals surface area (Å²) in [5.74, 6) is 1.28. The van der Waals surface area contributed by atoms with E-state index in [0.717, 1.165) is 56.3 Å². The Labute approximate surface area is 167 Å². The molecule has 0 bridgehead atoms. The van der Waals surface area contributed by atoms with Crippen LogP contribution >= 0.6 is 0 Å². The highest BCUT2D eigenvalue weighted by atomic mass is 16.5. The summed E-state index contributed by atoms with van der Waals surface area (Å²) >= 11 is 0. The molecule has 1 N–H and O–H groups in total. The third-order valence-electron chi connectivity index (χ3n) is 4.79. The molecule has 2 aromatic carbocycles. The zero-order valence-electron chi connectivity index (χ0n) is 16.8. The van der Waals surface area contributed by atoms with Gasteiger partial charge in [-0.15, -0.1) is 0 Å². The smallest absolute Gasteiger partial charge is 0.255 e. The lowest BCUT2D eigenvalue weighted by molar-refractivity contribution is 0.102. The highest BCUT2D eigenvalue weighted by Gasteiger charge is 2.12. The molecule has 0 aromatic heterocycles. The number of benzene rings is 2. The van der Waals surface area contributed by atoms with Crippen molar-refractivity contribution in [3.63, 3.8) is 0 Å². The first-order chi connectivity index (χ1) is 13.6.